The molecule has 0 aliphatic carbocycles. The van der Waals surface area contributed by atoms with Gasteiger partial charge in [0.15, 0.2) is 0 Å². The number of carboxylic acids is 1. The van der Waals surface area contributed by atoms with E-state index in [9.17, 15) is 17.6 Å². The maximum Gasteiger partial charge on any atom is 0.335 e. The molecule has 21 heavy (non-hydrogen) atoms. The monoisotopic (exact) mass is 315 g/mol. The minimum Gasteiger partial charge on any atom is -0.478 e. The van der Waals surface area contributed by atoms with Crippen LogP contribution >= 0.6 is 0 Å². The first-order valence-electron chi connectivity index (χ1n) is 6.78. The minimum absolute atomic E-state index is 0.190. The van der Waals surface area contributed by atoms with Gasteiger partial charge in [0.05, 0.1) is 5.56 Å². The normalized spacial score (nSPS) is 24.0. The van der Waals surface area contributed by atoms with E-state index in [2.05, 4.69) is 0 Å². The van der Waals surface area contributed by atoms with Gasteiger partial charge in [0.25, 0.3) is 0 Å². The third-order valence-corrected chi connectivity index (χ3v) is 5.84. The van der Waals surface area contributed by atoms with Crippen molar-refractivity contribution in [3.63, 3.8) is 0 Å². The predicted molar refractivity (Wildman–Crippen MR) is 75.1 cm³/mol. The van der Waals surface area contributed by atoms with Crippen LogP contribution in [0.3, 0.4) is 0 Å². The van der Waals surface area contributed by atoms with Crippen LogP contribution in [-0.4, -0.2) is 36.4 Å². The van der Waals surface area contributed by atoms with Gasteiger partial charge in [-0.3, -0.25) is 0 Å². The molecule has 1 fully saturated rings. The molecule has 2 atom stereocenters. The number of rotatable bonds is 3. The summed E-state index contributed by atoms with van der Waals surface area (Å²) in [5, 5.41) is 8.80. The van der Waals surface area contributed by atoms with E-state index in [1.54, 1.807) is 6.92 Å². The fourth-order valence-corrected chi connectivity index (χ4v) is 4.38. The van der Waals surface area contributed by atoms with Crippen LogP contribution in [0.25, 0.3) is 0 Å². The van der Waals surface area contributed by atoms with Crippen LogP contribution in [0, 0.1) is 11.7 Å². The van der Waals surface area contributed by atoms with Crippen molar-refractivity contribution in [2.45, 2.75) is 37.6 Å². The first-order chi connectivity index (χ1) is 9.73. The van der Waals surface area contributed by atoms with Crippen molar-refractivity contribution in [1.29, 1.82) is 0 Å². The first kappa shape index (κ1) is 15.9. The molecule has 0 spiro atoms. The van der Waals surface area contributed by atoms with E-state index in [1.165, 1.54) is 4.31 Å². The summed E-state index contributed by atoms with van der Waals surface area (Å²) in [6.45, 7) is 4.11. The number of carbonyl (C=O) groups is 1. The van der Waals surface area contributed by atoms with Gasteiger partial charge < -0.3 is 5.11 Å². The zero-order valence-corrected chi connectivity index (χ0v) is 12.7. The Morgan fingerprint density at radius 2 is 2.00 bits per heavy atom. The molecule has 1 saturated heterocycles. The smallest absolute Gasteiger partial charge is 0.335 e. The molecule has 0 saturated carbocycles. The van der Waals surface area contributed by atoms with Gasteiger partial charge in [-0.25, -0.2) is 17.6 Å². The average molecular weight is 315 g/mol. The summed E-state index contributed by atoms with van der Waals surface area (Å²) < 4.78 is 40.5. The molecule has 1 heterocycles. The Kier molecular flexibility index (Phi) is 4.34. The summed E-state index contributed by atoms with van der Waals surface area (Å²) in [4.78, 5) is 10.3. The number of sulfonamides is 1. The second-order valence-corrected chi connectivity index (χ2v) is 7.42. The van der Waals surface area contributed by atoms with Gasteiger partial charge in [-0.1, -0.05) is 6.92 Å². The molecule has 116 valence electrons. The first-order valence-corrected chi connectivity index (χ1v) is 8.22. The number of hydrogen-bond acceptors (Lipinski definition) is 3. The number of halogens is 1. The number of piperidine rings is 1. The topological polar surface area (TPSA) is 74.7 Å². The Hall–Kier alpha value is -1.47. The van der Waals surface area contributed by atoms with Crippen LogP contribution in [-0.2, 0) is 10.0 Å². The van der Waals surface area contributed by atoms with Crippen molar-refractivity contribution in [2.75, 3.05) is 6.54 Å². The summed E-state index contributed by atoms with van der Waals surface area (Å²) in [5.74, 6) is -2.10. The van der Waals surface area contributed by atoms with Gasteiger partial charge in [0, 0.05) is 12.6 Å². The summed E-state index contributed by atoms with van der Waals surface area (Å²) in [7, 11) is -3.95. The molecule has 2 rings (SSSR count). The quantitative estimate of drug-likeness (QED) is 0.929. The lowest BCUT2D eigenvalue weighted by Crippen LogP contribution is -2.45. The number of hydrogen-bond donors (Lipinski definition) is 1. The molecule has 1 aromatic rings. The molecule has 2 unspecified atom stereocenters. The molecule has 1 aliphatic rings. The number of nitrogens with zero attached hydrogens (tertiary/aromatic N) is 1. The molecule has 0 amide bonds. The average Bonchev–Trinajstić information content (AvgIpc) is 2.40. The molecular formula is C14H18FNO4S. The highest BCUT2D eigenvalue weighted by Gasteiger charge is 2.35. The third-order valence-electron chi connectivity index (χ3n) is 3.83. The van der Waals surface area contributed by atoms with Crippen molar-refractivity contribution in [1.82, 2.24) is 4.31 Å². The molecule has 1 aromatic carbocycles. The lowest BCUT2D eigenvalue weighted by atomic mass is 9.97. The zero-order chi connectivity index (χ0) is 15.8. The molecule has 5 nitrogen and oxygen atoms in total. The van der Waals surface area contributed by atoms with Gasteiger partial charge in [-0.2, -0.15) is 4.31 Å². The van der Waals surface area contributed by atoms with Crippen LogP contribution in [0.2, 0.25) is 0 Å². The lowest BCUT2D eigenvalue weighted by molar-refractivity contribution is 0.0696. The minimum atomic E-state index is -3.95. The van der Waals surface area contributed by atoms with E-state index in [-0.39, 0.29) is 17.5 Å². The summed E-state index contributed by atoms with van der Waals surface area (Å²) in [6, 6.07) is 2.69. The van der Waals surface area contributed by atoms with E-state index in [4.69, 9.17) is 5.11 Å². The van der Waals surface area contributed by atoms with Crippen LogP contribution in [0.5, 0.6) is 0 Å². The highest BCUT2D eigenvalue weighted by atomic mass is 32.2. The Labute approximate surface area is 123 Å². The van der Waals surface area contributed by atoms with Gasteiger partial charge in [0.2, 0.25) is 10.0 Å². The van der Waals surface area contributed by atoms with E-state index in [1.807, 2.05) is 6.92 Å². The molecule has 7 heteroatoms. The predicted octanol–water partition coefficient (Wildman–Crippen LogP) is 2.33. The van der Waals surface area contributed by atoms with E-state index in [0.29, 0.717) is 6.54 Å². The highest BCUT2D eigenvalue weighted by molar-refractivity contribution is 7.89. The SMILES string of the molecule is CC1CCC(C)N(S(=O)(=O)c2ccc(C(=O)O)cc2F)C1. The number of benzene rings is 1. The fourth-order valence-electron chi connectivity index (χ4n) is 2.55. The molecular weight excluding hydrogens is 297 g/mol. The molecule has 0 radical (unpaired) electrons. The van der Waals surface area contributed by atoms with Gasteiger partial charge in [-0.05, 0) is 43.9 Å². The number of aromatic carboxylic acids is 1. The van der Waals surface area contributed by atoms with Crippen LogP contribution < -0.4 is 0 Å². The second kappa shape index (κ2) is 5.73. The van der Waals surface area contributed by atoms with Gasteiger partial charge >= 0.3 is 5.97 Å². The Bertz CT molecular complexity index is 659. The fraction of sp³-hybridized carbons (Fsp3) is 0.500. The van der Waals surface area contributed by atoms with Crippen LogP contribution in [0.4, 0.5) is 4.39 Å². The Morgan fingerprint density at radius 1 is 1.33 bits per heavy atom. The van der Waals surface area contributed by atoms with E-state index >= 15 is 0 Å². The highest BCUT2D eigenvalue weighted by Crippen LogP contribution is 2.29. The van der Waals surface area contributed by atoms with Gasteiger partial charge in [-0.15, -0.1) is 0 Å². The van der Waals surface area contributed by atoms with Crippen LogP contribution in [0.15, 0.2) is 23.1 Å². The Balaban J connectivity index is 2.41. The number of carboxylic acid groups (broad SMARTS) is 1. The van der Waals surface area contributed by atoms with Crippen molar-refractivity contribution < 1.29 is 22.7 Å². The molecule has 0 bridgehead atoms. The summed E-state index contributed by atoms with van der Waals surface area (Å²) in [5.41, 5.74) is -0.272. The standard InChI is InChI=1S/C14H18FNO4S/c1-9-3-4-10(2)16(8-9)21(19,20)13-6-5-11(14(17)18)7-12(13)15/h5-7,9-10H,3-4,8H2,1-2H3,(H,17,18). The van der Waals surface area contributed by atoms with Crippen molar-refractivity contribution in [2.24, 2.45) is 5.92 Å². The van der Waals surface area contributed by atoms with E-state index in [0.717, 1.165) is 31.0 Å². The summed E-state index contributed by atoms with van der Waals surface area (Å²) in [6.07, 6.45) is 1.67. The van der Waals surface area contributed by atoms with Crippen LogP contribution in [0.1, 0.15) is 37.0 Å². The van der Waals surface area contributed by atoms with Crippen molar-refractivity contribution >= 4 is 16.0 Å². The third kappa shape index (κ3) is 3.08. The maximum absolute atomic E-state index is 14.0. The van der Waals surface area contributed by atoms with Crippen molar-refractivity contribution in [3.05, 3.63) is 29.6 Å². The lowest BCUT2D eigenvalue weighted by Gasteiger charge is -2.35. The Morgan fingerprint density at radius 3 is 2.57 bits per heavy atom. The van der Waals surface area contributed by atoms with E-state index < -0.39 is 26.7 Å². The molecule has 1 N–H and O–H groups in total. The zero-order valence-electron chi connectivity index (χ0n) is 11.9. The largest absolute Gasteiger partial charge is 0.478 e. The van der Waals surface area contributed by atoms with Crippen molar-refractivity contribution in [3.8, 4) is 0 Å². The second-order valence-electron chi connectivity index (χ2n) is 5.56. The summed E-state index contributed by atoms with van der Waals surface area (Å²) >= 11 is 0. The van der Waals surface area contributed by atoms with Gasteiger partial charge in [0.1, 0.15) is 10.7 Å². The molecule has 1 aliphatic heterocycles. The molecule has 0 aromatic heterocycles. The maximum atomic E-state index is 14.0.